The van der Waals surface area contributed by atoms with E-state index in [0.717, 1.165) is 50.9 Å². The maximum atomic E-state index is 13.3. The Kier molecular flexibility index (Phi) is 4.88. The highest BCUT2D eigenvalue weighted by Gasteiger charge is 2.51. The zero-order valence-corrected chi connectivity index (χ0v) is 15.2. The van der Waals surface area contributed by atoms with Gasteiger partial charge in [-0.25, -0.2) is 4.39 Å². The van der Waals surface area contributed by atoms with Gasteiger partial charge in [0.05, 0.1) is 12.8 Å². The molecule has 0 radical (unpaired) electrons. The van der Waals surface area contributed by atoms with E-state index in [2.05, 4.69) is 15.1 Å². The summed E-state index contributed by atoms with van der Waals surface area (Å²) < 4.78 is 13.3. The molecule has 0 bridgehead atoms. The molecule has 26 heavy (non-hydrogen) atoms. The molecule has 1 spiro atoms. The van der Waals surface area contributed by atoms with Gasteiger partial charge in [-0.05, 0) is 49.9 Å². The number of nitrogens with zero attached hydrogens (tertiary/aromatic N) is 2. The summed E-state index contributed by atoms with van der Waals surface area (Å²) >= 11 is 0. The smallest absolute Gasteiger partial charge is 0.247 e. The third-order valence-electron chi connectivity index (χ3n) is 6.51. The monoisotopic (exact) mass is 361 g/mol. The Morgan fingerprint density at radius 3 is 2.50 bits per heavy atom. The number of aliphatic hydroxyl groups is 1. The number of carbonyl (C=O) groups excluding carboxylic acids is 1. The number of benzene rings is 1. The number of amides is 1. The second-order valence-corrected chi connectivity index (χ2v) is 7.91. The van der Waals surface area contributed by atoms with Crippen LogP contribution in [0, 0.1) is 5.82 Å². The van der Waals surface area contributed by atoms with Gasteiger partial charge >= 0.3 is 0 Å². The van der Waals surface area contributed by atoms with Gasteiger partial charge in [0.25, 0.3) is 0 Å². The maximum absolute atomic E-state index is 13.3. The molecule has 2 heterocycles. The average molecular weight is 361 g/mol. The molecule has 1 aromatic carbocycles. The first-order valence-corrected chi connectivity index (χ1v) is 9.84. The molecular weight excluding hydrogens is 333 g/mol. The van der Waals surface area contributed by atoms with Crippen LogP contribution < -0.4 is 10.2 Å². The van der Waals surface area contributed by atoms with Crippen LogP contribution in [0.15, 0.2) is 24.3 Å². The molecule has 6 heteroatoms. The normalized spacial score (nSPS) is 29.6. The summed E-state index contributed by atoms with van der Waals surface area (Å²) in [7, 11) is 0. The molecule has 3 fully saturated rings. The molecule has 2 atom stereocenters. The number of piperidine rings is 1. The molecule has 4 rings (SSSR count). The number of nitrogens with one attached hydrogen (secondary N) is 1. The molecule has 3 aliphatic rings. The minimum atomic E-state index is -0.552. The van der Waals surface area contributed by atoms with Gasteiger partial charge < -0.3 is 15.3 Å². The second-order valence-electron chi connectivity index (χ2n) is 7.91. The van der Waals surface area contributed by atoms with E-state index in [9.17, 15) is 14.3 Å². The van der Waals surface area contributed by atoms with E-state index < -0.39 is 5.54 Å². The van der Waals surface area contributed by atoms with Crippen molar-refractivity contribution in [2.75, 3.05) is 24.7 Å². The predicted molar refractivity (Wildman–Crippen MR) is 98.3 cm³/mol. The number of aliphatic hydroxyl groups excluding tert-OH is 1. The molecule has 2 saturated heterocycles. The molecule has 142 valence electrons. The first kappa shape index (κ1) is 17.7. The maximum Gasteiger partial charge on any atom is 0.247 e. The standard InChI is InChI=1S/C20H28FN3O2/c21-15-6-8-16(9-7-15)24-14-22-19(26)20(24)10-12-23(13-11-20)17-4-2-1-3-5-18(17)25/h6-9,17-18,25H,1-5,10-14H2,(H,22,26). The lowest BCUT2D eigenvalue weighted by molar-refractivity contribution is -0.125. The predicted octanol–water partition coefficient (Wildman–Crippen LogP) is 2.25. The van der Waals surface area contributed by atoms with Crippen molar-refractivity contribution < 1.29 is 14.3 Å². The minimum Gasteiger partial charge on any atom is -0.391 e. The van der Waals surface area contributed by atoms with Crippen LogP contribution in [-0.4, -0.2) is 53.4 Å². The van der Waals surface area contributed by atoms with Gasteiger partial charge in [0.1, 0.15) is 11.4 Å². The van der Waals surface area contributed by atoms with E-state index in [1.54, 1.807) is 12.1 Å². The zero-order chi connectivity index (χ0) is 18.1. The van der Waals surface area contributed by atoms with Crippen LogP contribution in [0.5, 0.6) is 0 Å². The molecule has 5 nitrogen and oxygen atoms in total. The summed E-state index contributed by atoms with van der Waals surface area (Å²) in [6, 6.07) is 6.61. The second kappa shape index (κ2) is 7.16. The Hall–Kier alpha value is -1.66. The fraction of sp³-hybridized carbons (Fsp3) is 0.650. The topological polar surface area (TPSA) is 55.8 Å². The quantitative estimate of drug-likeness (QED) is 0.794. The van der Waals surface area contributed by atoms with E-state index in [0.29, 0.717) is 6.67 Å². The molecule has 1 saturated carbocycles. The van der Waals surface area contributed by atoms with E-state index in [1.165, 1.54) is 25.0 Å². The highest BCUT2D eigenvalue weighted by atomic mass is 19.1. The van der Waals surface area contributed by atoms with Gasteiger partial charge in [0.2, 0.25) is 5.91 Å². The van der Waals surface area contributed by atoms with Gasteiger partial charge in [-0.1, -0.05) is 19.3 Å². The number of rotatable bonds is 2. The molecule has 1 aliphatic carbocycles. The molecule has 0 aromatic heterocycles. The van der Waals surface area contributed by atoms with Crippen molar-refractivity contribution in [1.29, 1.82) is 0 Å². The number of carbonyl (C=O) groups is 1. The summed E-state index contributed by atoms with van der Waals surface area (Å²) in [4.78, 5) is 17.2. The van der Waals surface area contributed by atoms with Crippen molar-refractivity contribution in [3.8, 4) is 0 Å². The van der Waals surface area contributed by atoms with E-state index >= 15 is 0 Å². The first-order valence-electron chi connectivity index (χ1n) is 9.84. The van der Waals surface area contributed by atoms with Gasteiger partial charge in [-0.15, -0.1) is 0 Å². The number of hydrogen-bond donors (Lipinski definition) is 2. The van der Waals surface area contributed by atoms with Crippen LogP contribution in [0.2, 0.25) is 0 Å². The first-order chi connectivity index (χ1) is 12.6. The van der Waals surface area contributed by atoms with Crippen molar-refractivity contribution in [3.05, 3.63) is 30.1 Å². The van der Waals surface area contributed by atoms with Crippen LogP contribution in [0.25, 0.3) is 0 Å². The van der Waals surface area contributed by atoms with Crippen LogP contribution in [0.3, 0.4) is 0 Å². The average Bonchev–Trinajstić information content (AvgIpc) is 2.81. The molecule has 1 amide bonds. The number of anilines is 1. The Morgan fingerprint density at radius 1 is 1.08 bits per heavy atom. The van der Waals surface area contributed by atoms with Gasteiger partial charge in [0, 0.05) is 24.8 Å². The highest BCUT2D eigenvalue weighted by Crippen LogP contribution is 2.37. The van der Waals surface area contributed by atoms with Crippen molar-refractivity contribution in [3.63, 3.8) is 0 Å². The summed E-state index contributed by atoms with van der Waals surface area (Å²) in [6.07, 6.45) is 6.63. The summed E-state index contributed by atoms with van der Waals surface area (Å²) in [5.74, 6) is -0.193. The molecule has 2 unspecified atom stereocenters. The van der Waals surface area contributed by atoms with Gasteiger partial charge in [0.15, 0.2) is 0 Å². The van der Waals surface area contributed by atoms with Crippen molar-refractivity contribution in [2.24, 2.45) is 0 Å². The Balaban J connectivity index is 1.50. The molecule has 2 N–H and O–H groups in total. The Labute approximate surface area is 154 Å². The third kappa shape index (κ3) is 3.09. The summed E-state index contributed by atoms with van der Waals surface area (Å²) in [5.41, 5.74) is 0.331. The van der Waals surface area contributed by atoms with E-state index in [4.69, 9.17) is 0 Å². The largest absolute Gasteiger partial charge is 0.391 e. The van der Waals surface area contributed by atoms with Crippen LogP contribution in [0.1, 0.15) is 44.9 Å². The SMILES string of the molecule is O=C1NCN(c2ccc(F)cc2)C12CCN(C1CCCCCC1O)CC2. The van der Waals surface area contributed by atoms with Crippen molar-refractivity contribution >= 4 is 11.6 Å². The molecule has 2 aliphatic heterocycles. The van der Waals surface area contributed by atoms with Crippen molar-refractivity contribution in [1.82, 2.24) is 10.2 Å². The summed E-state index contributed by atoms with van der Waals surface area (Å²) in [5, 5.41) is 13.5. The third-order valence-corrected chi connectivity index (χ3v) is 6.51. The fourth-order valence-electron chi connectivity index (χ4n) is 4.97. The minimum absolute atomic E-state index is 0.0721. The Bertz CT molecular complexity index is 643. The number of hydrogen-bond acceptors (Lipinski definition) is 4. The Morgan fingerprint density at radius 2 is 1.77 bits per heavy atom. The van der Waals surface area contributed by atoms with Crippen LogP contribution in [0.4, 0.5) is 10.1 Å². The highest BCUT2D eigenvalue weighted by molar-refractivity contribution is 5.93. The van der Waals surface area contributed by atoms with E-state index in [1.807, 2.05) is 0 Å². The number of likely N-dealkylation sites (tertiary alicyclic amines) is 1. The van der Waals surface area contributed by atoms with Crippen molar-refractivity contribution in [2.45, 2.75) is 62.6 Å². The lowest BCUT2D eigenvalue weighted by Crippen LogP contribution is -2.59. The molecule has 1 aromatic rings. The zero-order valence-electron chi connectivity index (χ0n) is 15.2. The van der Waals surface area contributed by atoms with E-state index in [-0.39, 0.29) is 23.9 Å². The molecular formula is C20H28FN3O2. The summed E-state index contributed by atoms with van der Waals surface area (Å²) in [6.45, 7) is 2.09. The fourth-order valence-corrected chi connectivity index (χ4v) is 4.97. The number of halogens is 1. The lowest BCUT2D eigenvalue weighted by atomic mass is 9.84. The van der Waals surface area contributed by atoms with Gasteiger partial charge in [-0.2, -0.15) is 0 Å². The van der Waals surface area contributed by atoms with Crippen LogP contribution in [-0.2, 0) is 4.79 Å². The van der Waals surface area contributed by atoms with Crippen LogP contribution >= 0.6 is 0 Å². The van der Waals surface area contributed by atoms with Gasteiger partial charge in [-0.3, -0.25) is 9.69 Å². The lowest BCUT2D eigenvalue weighted by Gasteiger charge is -2.46.